The Balaban J connectivity index is 1.71. The molecule has 2 fully saturated rings. The first-order valence-corrected chi connectivity index (χ1v) is 6.38. The standard InChI is InChI=1S/C13H18N2O2/c16-11(12-14-6-2-7-15-12)10-3-8-17-13(9-10)4-1-5-13/h2,6-7,10-11,16H,1,3-5,8-9H2. The van der Waals surface area contributed by atoms with E-state index in [1.54, 1.807) is 18.5 Å². The fraction of sp³-hybridized carbons (Fsp3) is 0.692. The van der Waals surface area contributed by atoms with Gasteiger partial charge in [-0.2, -0.15) is 0 Å². The van der Waals surface area contributed by atoms with Gasteiger partial charge in [0.15, 0.2) is 5.82 Å². The highest BCUT2D eigenvalue weighted by Gasteiger charge is 2.44. The summed E-state index contributed by atoms with van der Waals surface area (Å²) in [5.41, 5.74) is 0.0681. The minimum Gasteiger partial charge on any atom is -0.385 e. The van der Waals surface area contributed by atoms with E-state index in [0.29, 0.717) is 5.82 Å². The Morgan fingerprint density at radius 2 is 2.12 bits per heavy atom. The van der Waals surface area contributed by atoms with Gasteiger partial charge in [0.1, 0.15) is 6.10 Å². The van der Waals surface area contributed by atoms with Crippen LogP contribution in [-0.4, -0.2) is 27.3 Å². The number of aliphatic hydroxyl groups excluding tert-OH is 1. The van der Waals surface area contributed by atoms with Crippen LogP contribution in [0.5, 0.6) is 0 Å². The molecule has 17 heavy (non-hydrogen) atoms. The van der Waals surface area contributed by atoms with Gasteiger partial charge in [-0.1, -0.05) is 0 Å². The molecule has 1 aliphatic carbocycles. The van der Waals surface area contributed by atoms with Crippen molar-refractivity contribution in [2.24, 2.45) is 5.92 Å². The summed E-state index contributed by atoms with van der Waals surface area (Å²) in [4.78, 5) is 8.29. The second kappa shape index (κ2) is 4.35. The van der Waals surface area contributed by atoms with E-state index in [1.165, 1.54) is 6.42 Å². The number of hydrogen-bond acceptors (Lipinski definition) is 4. The Morgan fingerprint density at radius 1 is 1.35 bits per heavy atom. The maximum Gasteiger partial charge on any atom is 0.157 e. The zero-order valence-corrected chi connectivity index (χ0v) is 9.88. The number of ether oxygens (including phenoxy) is 1. The van der Waals surface area contributed by atoms with Gasteiger partial charge in [0, 0.05) is 19.0 Å². The SMILES string of the molecule is OC(c1ncccn1)C1CCOC2(CCC2)C1. The zero-order chi connectivity index (χ0) is 11.7. The lowest BCUT2D eigenvalue weighted by Crippen LogP contribution is -2.46. The van der Waals surface area contributed by atoms with Crippen LogP contribution >= 0.6 is 0 Å². The van der Waals surface area contributed by atoms with E-state index in [2.05, 4.69) is 9.97 Å². The third-order valence-electron chi connectivity index (χ3n) is 4.09. The predicted molar refractivity (Wildman–Crippen MR) is 62.2 cm³/mol. The molecule has 92 valence electrons. The van der Waals surface area contributed by atoms with Crippen LogP contribution in [0.25, 0.3) is 0 Å². The van der Waals surface area contributed by atoms with Gasteiger partial charge in [-0.25, -0.2) is 9.97 Å². The second-order valence-corrected chi connectivity index (χ2v) is 5.19. The summed E-state index contributed by atoms with van der Waals surface area (Å²) < 4.78 is 5.87. The van der Waals surface area contributed by atoms with Gasteiger partial charge in [0.05, 0.1) is 5.60 Å². The van der Waals surface area contributed by atoms with E-state index in [1.807, 2.05) is 0 Å². The van der Waals surface area contributed by atoms with Crippen LogP contribution in [0.15, 0.2) is 18.5 Å². The minimum atomic E-state index is -0.544. The van der Waals surface area contributed by atoms with Crippen molar-refractivity contribution < 1.29 is 9.84 Å². The third-order valence-corrected chi connectivity index (χ3v) is 4.09. The summed E-state index contributed by atoms with van der Waals surface area (Å²) in [6, 6.07) is 1.77. The third kappa shape index (κ3) is 2.07. The summed E-state index contributed by atoms with van der Waals surface area (Å²) in [5.74, 6) is 0.792. The highest BCUT2D eigenvalue weighted by atomic mass is 16.5. The summed E-state index contributed by atoms with van der Waals surface area (Å²) >= 11 is 0. The van der Waals surface area contributed by atoms with E-state index in [4.69, 9.17) is 4.74 Å². The van der Waals surface area contributed by atoms with E-state index < -0.39 is 6.10 Å². The van der Waals surface area contributed by atoms with Crippen molar-refractivity contribution in [2.75, 3.05) is 6.61 Å². The van der Waals surface area contributed by atoms with Gasteiger partial charge >= 0.3 is 0 Å². The first-order valence-electron chi connectivity index (χ1n) is 6.38. The molecule has 1 saturated heterocycles. The predicted octanol–water partition coefficient (Wildman–Crippen LogP) is 1.86. The molecular weight excluding hydrogens is 216 g/mol. The maximum absolute atomic E-state index is 10.3. The average molecular weight is 234 g/mol. The number of aliphatic hydroxyl groups is 1. The van der Waals surface area contributed by atoms with Crippen LogP contribution in [0.2, 0.25) is 0 Å². The monoisotopic (exact) mass is 234 g/mol. The molecular formula is C13H18N2O2. The van der Waals surface area contributed by atoms with Crippen molar-refractivity contribution in [3.63, 3.8) is 0 Å². The summed E-state index contributed by atoms with van der Waals surface area (Å²) in [5, 5.41) is 10.3. The molecule has 0 radical (unpaired) electrons. The van der Waals surface area contributed by atoms with Gasteiger partial charge in [-0.05, 0) is 44.1 Å². The molecule has 1 aliphatic heterocycles. The molecule has 2 atom stereocenters. The lowest BCUT2D eigenvalue weighted by atomic mass is 9.71. The number of hydrogen-bond donors (Lipinski definition) is 1. The first kappa shape index (κ1) is 11.1. The first-order chi connectivity index (χ1) is 8.29. The summed E-state index contributed by atoms with van der Waals surface area (Å²) in [6.07, 6.45) is 8.22. The Hall–Kier alpha value is -1.00. The Bertz CT molecular complexity index is 378. The molecule has 1 N–H and O–H groups in total. The molecule has 0 amide bonds. The molecule has 1 aromatic heterocycles. The summed E-state index contributed by atoms with van der Waals surface area (Å²) in [7, 11) is 0. The van der Waals surface area contributed by atoms with Crippen LogP contribution in [-0.2, 0) is 4.74 Å². The molecule has 1 spiro atoms. The quantitative estimate of drug-likeness (QED) is 0.848. The maximum atomic E-state index is 10.3. The van der Waals surface area contributed by atoms with E-state index in [0.717, 1.165) is 32.3 Å². The van der Waals surface area contributed by atoms with Crippen molar-refractivity contribution >= 4 is 0 Å². The van der Waals surface area contributed by atoms with Crippen molar-refractivity contribution in [1.82, 2.24) is 9.97 Å². The molecule has 0 aromatic carbocycles. The molecule has 2 heterocycles. The van der Waals surface area contributed by atoms with Crippen molar-refractivity contribution in [1.29, 1.82) is 0 Å². The zero-order valence-electron chi connectivity index (χ0n) is 9.88. The lowest BCUT2D eigenvalue weighted by molar-refractivity contribution is -0.158. The van der Waals surface area contributed by atoms with Gasteiger partial charge in [-0.15, -0.1) is 0 Å². The van der Waals surface area contributed by atoms with Crippen molar-refractivity contribution in [2.45, 2.75) is 43.8 Å². The second-order valence-electron chi connectivity index (χ2n) is 5.19. The Labute approximate surface area is 101 Å². The average Bonchev–Trinajstić information content (AvgIpc) is 2.37. The van der Waals surface area contributed by atoms with E-state index >= 15 is 0 Å². The van der Waals surface area contributed by atoms with Crippen molar-refractivity contribution in [3.8, 4) is 0 Å². The molecule has 4 nitrogen and oxygen atoms in total. The van der Waals surface area contributed by atoms with Gasteiger partial charge in [0.25, 0.3) is 0 Å². The van der Waals surface area contributed by atoms with Crippen LogP contribution in [0.4, 0.5) is 0 Å². The van der Waals surface area contributed by atoms with Crippen LogP contribution in [0.1, 0.15) is 44.0 Å². The smallest absolute Gasteiger partial charge is 0.157 e. The highest BCUT2D eigenvalue weighted by Crippen LogP contribution is 2.46. The molecule has 1 saturated carbocycles. The number of rotatable bonds is 2. The van der Waals surface area contributed by atoms with Gasteiger partial charge in [-0.3, -0.25) is 0 Å². The molecule has 4 heteroatoms. The van der Waals surface area contributed by atoms with E-state index in [9.17, 15) is 5.11 Å². The number of aromatic nitrogens is 2. The van der Waals surface area contributed by atoms with Gasteiger partial charge in [0.2, 0.25) is 0 Å². The Morgan fingerprint density at radius 3 is 2.76 bits per heavy atom. The van der Waals surface area contributed by atoms with E-state index in [-0.39, 0.29) is 11.5 Å². The van der Waals surface area contributed by atoms with Crippen LogP contribution < -0.4 is 0 Å². The fourth-order valence-electron chi connectivity index (χ4n) is 2.93. The normalized spacial score (nSPS) is 28.6. The van der Waals surface area contributed by atoms with Crippen LogP contribution in [0.3, 0.4) is 0 Å². The van der Waals surface area contributed by atoms with Crippen LogP contribution in [0, 0.1) is 5.92 Å². The highest BCUT2D eigenvalue weighted by molar-refractivity contribution is 5.00. The molecule has 1 aromatic rings. The summed E-state index contributed by atoms with van der Waals surface area (Å²) in [6.45, 7) is 0.758. The van der Waals surface area contributed by atoms with Gasteiger partial charge < -0.3 is 9.84 Å². The Kier molecular flexibility index (Phi) is 2.84. The molecule has 3 rings (SSSR count). The minimum absolute atomic E-state index is 0.0681. The fourth-order valence-corrected chi connectivity index (χ4v) is 2.93. The molecule has 0 bridgehead atoms. The lowest BCUT2D eigenvalue weighted by Gasteiger charge is -2.47. The largest absolute Gasteiger partial charge is 0.385 e. The van der Waals surface area contributed by atoms with Crippen molar-refractivity contribution in [3.05, 3.63) is 24.3 Å². The molecule has 2 unspecified atom stereocenters. The molecule has 2 aliphatic rings. The topological polar surface area (TPSA) is 55.2 Å². The number of nitrogens with zero attached hydrogens (tertiary/aromatic N) is 2.